The largest absolute Gasteiger partial charge is 0.488 e. The average Bonchev–Trinajstić information content (AvgIpc) is 2.53. The van der Waals surface area contributed by atoms with Gasteiger partial charge in [-0.3, -0.25) is 0 Å². The first-order chi connectivity index (χ1) is 10.3. The number of nitrogens with zero attached hydrogens (tertiary/aromatic N) is 1. The molecule has 0 unspecified atom stereocenters. The SMILES string of the molecule is NNc1nc2ccccc2cc1COc1ccccc1I. The maximum atomic E-state index is 5.87. The van der Waals surface area contributed by atoms with E-state index in [0.29, 0.717) is 12.4 Å². The number of pyridine rings is 1. The van der Waals surface area contributed by atoms with Gasteiger partial charge >= 0.3 is 0 Å². The molecule has 3 N–H and O–H groups in total. The van der Waals surface area contributed by atoms with Crippen LogP contribution in [0.4, 0.5) is 5.82 Å². The van der Waals surface area contributed by atoms with Gasteiger partial charge in [-0.15, -0.1) is 0 Å². The van der Waals surface area contributed by atoms with E-state index in [0.717, 1.165) is 25.8 Å². The quantitative estimate of drug-likeness (QED) is 0.405. The minimum absolute atomic E-state index is 0.414. The molecule has 5 heteroatoms. The van der Waals surface area contributed by atoms with E-state index in [2.05, 4.69) is 33.0 Å². The Morgan fingerprint density at radius 3 is 2.67 bits per heavy atom. The van der Waals surface area contributed by atoms with Crippen LogP contribution in [0.1, 0.15) is 5.56 Å². The molecule has 0 saturated heterocycles. The van der Waals surface area contributed by atoms with Gasteiger partial charge in [0.25, 0.3) is 0 Å². The van der Waals surface area contributed by atoms with E-state index in [1.165, 1.54) is 0 Å². The zero-order chi connectivity index (χ0) is 14.7. The van der Waals surface area contributed by atoms with Crippen LogP contribution >= 0.6 is 22.6 Å². The van der Waals surface area contributed by atoms with Gasteiger partial charge in [0.05, 0.1) is 9.09 Å². The predicted octanol–water partition coefficient (Wildman–Crippen LogP) is 3.70. The van der Waals surface area contributed by atoms with Crippen molar-refractivity contribution in [3.05, 3.63) is 63.7 Å². The van der Waals surface area contributed by atoms with E-state index in [9.17, 15) is 0 Å². The van der Waals surface area contributed by atoms with Gasteiger partial charge in [0.2, 0.25) is 0 Å². The first-order valence-corrected chi connectivity index (χ1v) is 7.58. The van der Waals surface area contributed by atoms with E-state index in [4.69, 9.17) is 10.6 Å². The monoisotopic (exact) mass is 391 g/mol. The number of nitrogens with one attached hydrogen (secondary N) is 1. The molecule has 2 aromatic carbocycles. The fourth-order valence-electron chi connectivity index (χ4n) is 2.11. The normalized spacial score (nSPS) is 10.6. The Bertz CT molecular complexity index is 776. The number of nitrogens with two attached hydrogens (primary N) is 1. The number of nitrogen functional groups attached to an aromatic ring is 1. The van der Waals surface area contributed by atoms with Crippen molar-refractivity contribution in [3.63, 3.8) is 0 Å². The first kappa shape index (κ1) is 14.1. The van der Waals surface area contributed by atoms with Gasteiger partial charge < -0.3 is 10.2 Å². The molecule has 3 rings (SSSR count). The Morgan fingerprint density at radius 2 is 1.86 bits per heavy atom. The molecule has 0 aliphatic rings. The fraction of sp³-hybridized carbons (Fsp3) is 0.0625. The van der Waals surface area contributed by atoms with E-state index in [1.54, 1.807) is 0 Å². The Balaban J connectivity index is 1.91. The summed E-state index contributed by atoms with van der Waals surface area (Å²) < 4.78 is 6.95. The van der Waals surface area contributed by atoms with Crippen molar-refractivity contribution in [2.45, 2.75) is 6.61 Å². The lowest BCUT2D eigenvalue weighted by Gasteiger charge is -2.12. The van der Waals surface area contributed by atoms with Crippen molar-refractivity contribution in [2.75, 3.05) is 5.43 Å². The standard InChI is InChI=1S/C16H14IN3O/c17-13-6-2-4-8-15(13)21-10-12-9-11-5-1-3-7-14(11)19-16(12)20-18/h1-9H,10,18H2,(H,19,20). The second-order valence-corrected chi connectivity index (χ2v) is 5.71. The Hall–Kier alpha value is -1.86. The fourth-order valence-corrected chi connectivity index (χ4v) is 2.66. The summed E-state index contributed by atoms with van der Waals surface area (Å²) in [6.07, 6.45) is 0. The van der Waals surface area contributed by atoms with Gasteiger partial charge in [0, 0.05) is 10.9 Å². The minimum Gasteiger partial charge on any atom is -0.488 e. The van der Waals surface area contributed by atoms with Gasteiger partial charge in [-0.2, -0.15) is 0 Å². The summed E-state index contributed by atoms with van der Waals surface area (Å²) in [6.45, 7) is 0.414. The van der Waals surface area contributed by atoms with Crippen LogP contribution in [0.25, 0.3) is 10.9 Å². The van der Waals surface area contributed by atoms with Crippen LogP contribution in [-0.2, 0) is 6.61 Å². The highest BCUT2D eigenvalue weighted by Crippen LogP contribution is 2.24. The molecular weight excluding hydrogens is 377 g/mol. The molecule has 0 atom stereocenters. The topological polar surface area (TPSA) is 60.2 Å². The zero-order valence-electron chi connectivity index (χ0n) is 11.2. The molecule has 0 saturated carbocycles. The van der Waals surface area contributed by atoms with E-state index in [1.807, 2.05) is 54.6 Å². The molecule has 0 spiro atoms. The zero-order valence-corrected chi connectivity index (χ0v) is 13.4. The van der Waals surface area contributed by atoms with Crippen molar-refractivity contribution in [1.82, 2.24) is 4.98 Å². The van der Waals surface area contributed by atoms with Gasteiger partial charge in [-0.1, -0.05) is 30.3 Å². The molecular formula is C16H14IN3O. The molecule has 3 aromatic rings. The third-order valence-electron chi connectivity index (χ3n) is 3.16. The van der Waals surface area contributed by atoms with Crippen molar-refractivity contribution < 1.29 is 4.74 Å². The number of anilines is 1. The van der Waals surface area contributed by atoms with Crippen LogP contribution in [0.15, 0.2) is 54.6 Å². The smallest absolute Gasteiger partial charge is 0.147 e. The van der Waals surface area contributed by atoms with Crippen molar-refractivity contribution in [2.24, 2.45) is 5.84 Å². The van der Waals surface area contributed by atoms with E-state index in [-0.39, 0.29) is 0 Å². The molecule has 106 valence electrons. The Kier molecular flexibility index (Phi) is 4.21. The number of fused-ring (bicyclic) bond motifs is 1. The summed E-state index contributed by atoms with van der Waals surface area (Å²) in [4.78, 5) is 4.51. The molecule has 4 nitrogen and oxygen atoms in total. The third-order valence-corrected chi connectivity index (χ3v) is 4.05. The molecule has 1 heterocycles. The number of para-hydroxylation sites is 2. The molecule has 0 bridgehead atoms. The predicted molar refractivity (Wildman–Crippen MR) is 93.0 cm³/mol. The van der Waals surface area contributed by atoms with E-state index < -0.39 is 0 Å². The van der Waals surface area contributed by atoms with Crippen molar-refractivity contribution >= 4 is 39.3 Å². The van der Waals surface area contributed by atoms with Crippen LogP contribution in [0, 0.1) is 3.57 Å². The molecule has 0 aliphatic carbocycles. The lowest BCUT2D eigenvalue weighted by Crippen LogP contribution is -2.12. The number of hydrogen-bond acceptors (Lipinski definition) is 4. The average molecular weight is 391 g/mol. The van der Waals surface area contributed by atoms with Gasteiger partial charge in [-0.05, 0) is 46.9 Å². The first-order valence-electron chi connectivity index (χ1n) is 6.50. The van der Waals surface area contributed by atoms with Crippen LogP contribution in [-0.4, -0.2) is 4.98 Å². The van der Waals surface area contributed by atoms with Gasteiger partial charge in [-0.25, -0.2) is 10.8 Å². The summed E-state index contributed by atoms with van der Waals surface area (Å²) in [5.41, 5.74) is 4.48. The molecule has 0 aliphatic heterocycles. The van der Waals surface area contributed by atoms with Crippen LogP contribution < -0.4 is 16.0 Å². The highest BCUT2D eigenvalue weighted by molar-refractivity contribution is 14.1. The summed E-state index contributed by atoms with van der Waals surface area (Å²) in [7, 11) is 0. The number of benzene rings is 2. The van der Waals surface area contributed by atoms with Gasteiger partial charge in [0.1, 0.15) is 18.2 Å². The van der Waals surface area contributed by atoms with Crippen LogP contribution in [0.3, 0.4) is 0 Å². The number of halogens is 1. The molecule has 0 radical (unpaired) electrons. The van der Waals surface area contributed by atoms with E-state index >= 15 is 0 Å². The second-order valence-electron chi connectivity index (χ2n) is 4.55. The summed E-state index contributed by atoms with van der Waals surface area (Å²) in [6, 6.07) is 17.9. The summed E-state index contributed by atoms with van der Waals surface area (Å²) in [5, 5.41) is 1.07. The Labute approximate surface area is 136 Å². The van der Waals surface area contributed by atoms with Crippen LogP contribution in [0.5, 0.6) is 5.75 Å². The molecule has 1 aromatic heterocycles. The molecule has 0 fully saturated rings. The number of hydrogen-bond donors (Lipinski definition) is 2. The number of hydrazine groups is 1. The van der Waals surface area contributed by atoms with Crippen molar-refractivity contribution in [3.8, 4) is 5.75 Å². The maximum absolute atomic E-state index is 5.87. The van der Waals surface area contributed by atoms with Crippen molar-refractivity contribution in [1.29, 1.82) is 0 Å². The number of ether oxygens (including phenoxy) is 1. The minimum atomic E-state index is 0.414. The molecule has 21 heavy (non-hydrogen) atoms. The van der Waals surface area contributed by atoms with Crippen LogP contribution in [0.2, 0.25) is 0 Å². The lowest BCUT2D eigenvalue weighted by molar-refractivity contribution is 0.304. The summed E-state index contributed by atoms with van der Waals surface area (Å²) in [5.74, 6) is 7.07. The maximum Gasteiger partial charge on any atom is 0.147 e. The highest BCUT2D eigenvalue weighted by atomic mass is 127. The lowest BCUT2D eigenvalue weighted by atomic mass is 10.1. The summed E-state index contributed by atoms with van der Waals surface area (Å²) >= 11 is 2.25. The number of rotatable bonds is 4. The Morgan fingerprint density at radius 1 is 1.10 bits per heavy atom. The second kappa shape index (κ2) is 6.28. The highest BCUT2D eigenvalue weighted by Gasteiger charge is 2.08. The third kappa shape index (κ3) is 3.08. The molecule has 0 amide bonds. The number of aromatic nitrogens is 1. The van der Waals surface area contributed by atoms with Gasteiger partial charge in [0.15, 0.2) is 0 Å².